The first-order valence-electron chi connectivity index (χ1n) is 13.0. The largest absolute Gasteiger partial charge is 0.453 e. The van der Waals surface area contributed by atoms with Gasteiger partial charge in [0, 0.05) is 6.54 Å². The first-order valence-corrected chi connectivity index (χ1v) is 13.0. The van der Waals surface area contributed by atoms with E-state index in [0.717, 1.165) is 19.4 Å². The fourth-order valence-corrected chi connectivity index (χ4v) is 6.79. The Labute approximate surface area is 212 Å². The summed E-state index contributed by atoms with van der Waals surface area (Å²) in [6.45, 7) is 0.752. The third kappa shape index (κ3) is 4.22. The van der Waals surface area contributed by atoms with E-state index >= 15 is 0 Å². The second-order valence-electron chi connectivity index (χ2n) is 10.2. The standard InChI is InChI=1S/C31H31NO4/c33-30(22-14-6-2-7-15-22)35-28-26-24-18-10-11-19-25(24)27(32(26)20-21-12-4-1-5-13-21)29(28)36-31(34)23-16-8-3-9-17-23/h1-9,12-17,24-29H,10-11,18-20H2. The summed E-state index contributed by atoms with van der Waals surface area (Å²) in [6, 6.07) is 28.7. The lowest BCUT2D eigenvalue weighted by atomic mass is 9.69. The van der Waals surface area contributed by atoms with Crippen molar-refractivity contribution >= 4 is 11.9 Å². The second-order valence-corrected chi connectivity index (χ2v) is 10.2. The van der Waals surface area contributed by atoms with Crippen molar-refractivity contribution in [2.24, 2.45) is 11.8 Å². The molecule has 0 aromatic heterocycles. The van der Waals surface area contributed by atoms with Gasteiger partial charge in [-0.3, -0.25) is 4.90 Å². The highest BCUT2D eigenvalue weighted by molar-refractivity contribution is 5.90. The molecule has 6 rings (SSSR count). The van der Waals surface area contributed by atoms with E-state index in [9.17, 15) is 9.59 Å². The lowest BCUT2D eigenvalue weighted by molar-refractivity contribution is -0.0620. The van der Waals surface area contributed by atoms with Crippen molar-refractivity contribution in [3.8, 4) is 0 Å². The number of nitrogens with zero attached hydrogens (tertiary/aromatic N) is 1. The Morgan fingerprint density at radius 2 is 1.06 bits per heavy atom. The normalized spacial score (nSPS) is 28.9. The summed E-state index contributed by atoms with van der Waals surface area (Å²) in [4.78, 5) is 28.9. The highest BCUT2D eigenvalue weighted by Gasteiger charge is 2.65. The molecule has 3 aliphatic rings. The van der Waals surface area contributed by atoms with Gasteiger partial charge in [0.25, 0.3) is 0 Å². The van der Waals surface area contributed by atoms with Gasteiger partial charge >= 0.3 is 11.9 Å². The van der Waals surface area contributed by atoms with E-state index in [1.807, 2.05) is 42.5 Å². The average molecular weight is 482 g/mol. The number of esters is 2. The van der Waals surface area contributed by atoms with Crippen LogP contribution in [0, 0.1) is 11.8 Å². The molecule has 3 aromatic rings. The van der Waals surface area contributed by atoms with Gasteiger partial charge in [-0.05, 0) is 54.5 Å². The molecule has 2 heterocycles. The summed E-state index contributed by atoms with van der Waals surface area (Å²) < 4.78 is 12.5. The van der Waals surface area contributed by atoms with E-state index in [1.54, 1.807) is 24.3 Å². The van der Waals surface area contributed by atoms with E-state index in [0.29, 0.717) is 23.0 Å². The molecular formula is C31H31NO4. The van der Waals surface area contributed by atoms with Crippen LogP contribution in [-0.2, 0) is 16.0 Å². The molecule has 2 bridgehead atoms. The van der Waals surface area contributed by atoms with Gasteiger partial charge in [-0.25, -0.2) is 9.59 Å². The van der Waals surface area contributed by atoms with Crippen LogP contribution < -0.4 is 0 Å². The van der Waals surface area contributed by atoms with Gasteiger partial charge in [0.2, 0.25) is 0 Å². The molecule has 0 spiro atoms. The number of hydrogen-bond acceptors (Lipinski definition) is 5. The maximum absolute atomic E-state index is 13.2. The summed E-state index contributed by atoms with van der Waals surface area (Å²) in [5, 5.41) is 0. The highest BCUT2D eigenvalue weighted by Crippen LogP contribution is 2.54. The Bertz CT molecular complexity index is 1120. The first-order chi connectivity index (χ1) is 17.7. The number of fused-ring (bicyclic) bond motifs is 5. The van der Waals surface area contributed by atoms with Crippen LogP contribution in [0.5, 0.6) is 0 Å². The van der Waals surface area contributed by atoms with Crippen molar-refractivity contribution in [2.75, 3.05) is 0 Å². The first kappa shape index (κ1) is 23.0. The molecule has 2 aliphatic heterocycles. The van der Waals surface area contributed by atoms with E-state index in [4.69, 9.17) is 9.47 Å². The minimum absolute atomic E-state index is 0.0294. The van der Waals surface area contributed by atoms with Crippen LogP contribution in [0.15, 0.2) is 91.0 Å². The molecule has 6 atom stereocenters. The Balaban J connectivity index is 1.35. The van der Waals surface area contributed by atoms with E-state index < -0.39 is 12.2 Å². The van der Waals surface area contributed by atoms with Crippen molar-refractivity contribution in [3.05, 3.63) is 108 Å². The Morgan fingerprint density at radius 1 is 0.639 bits per heavy atom. The molecule has 0 N–H and O–H groups in total. The zero-order valence-corrected chi connectivity index (χ0v) is 20.2. The molecule has 0 radical (unpaired) electrons. The zero-order chi connectivity index (χ0) is 24.5. The van der Waals surface area contributed by atoms with Gasteiger partial charge in [0.1, 0.15) is 0 Å². The summed E-state index contributed by atoms with van der Waals surface area (Å²) in [6.07, 6.45) is 3.62. The van der Waals surface area contributed by atoms with Crippen molar-refractivity contribution in [1.82, 2.24) is 4.90 Å². The van der Waals surface area contributed by atoms with Crippen molar-refractivity contribution in [1.29, 1.82) is 0 Å². The Kier molecular flexibility index (Phi) is 6.32. The van der Waals surface area contributed by atoms with Gasteiger partial charge in [0.15, 0.2) is 12.2 Å². The monoisotopic (exact) mass is 481 g/mol. The second kappa shape index (κ2) is 9.90. The maximum Gasteiger partial charge on any atom is 0.338 e. The highest BCUT2D eigenvalue weighted by atomic mass is 16.6. The SMILES string of the molecule is O=C(OC1C(OC(=O)c2ccccc2)C2C3CCCCC3C1N2Cc1ccccc1)c1ccccc1. The average Bonchev–Trinajstić information content (AvgIpc) is 3.39. The molecule has 5 heteroatoms. The van der Waals surface area contributed by atoms with Crippen molar-refractivity contribution in [3.63, 3.8) is 0 Å². The minimum Gasteiger partial charge on any atom is -0.453 e. The topological polar surface area (TPSA) is 55.8 Å². The fraction of sp³-hybridized carbons (Fsp3) is 0.355. The predicted octanol–water partition coefficient (Wildman–Crippen LogP) is 5.51. The van der Waals surface area contributed by atoms with Crippen molar-refractivity contribution < 1.29 is 19.1 Å². The van der Waals surface area contributed by atoms with Crippen LogP contribution in [0.2, 0.25) is 0 Å². The van der Waals surface area contributed by atoms with Crippen LogP contribution in [0.25, 0.3) is 0 Å². The van der Waals surface area contributed by atoms with Gasteiger partial charge in [0.05, 0.1) is 23.2 Å². The number of carbonyl (C=O) groups is 2. The zero-order valence-electron chi connectivity index (χ0n) is 20.2. The number of carbonyl (C=O) groups excluding carboxylic acids is 2. The van der Waals surface area contributed by atoms with Crippen LogP contribution in [0.1, 0.15) is 52.0 Å². The molecular weight excluding hydrogens is 450 g/mol. The van der Waals surface area contributed by atoms with Crippen LogP contribution in [0.4, 0.5) is 0 Å². The molecule has 1 aliphatic carbocycles. The predicted molar refractivity (Wildman–Crippen MR) is 136 cm³/mol. The molecule has 184 valence electrons. The maximum atomic E-state index is 13.2. The quantitative estimate of drug-likeness (QED) is 0.435. The van der Waals surface area contributed by atoms with E-state index in [2.05, 4.69) is 29.2 Å². The van der Waals surface area contributed by atoms with E-state index in [-0.39, 0.29) is 24.0 Å². The third-order valence-electron chi connectivity index (χ3n) is 8.23. The number of rotatable bonds is 6. The van der Waals surface area contributed by atoms with Gasteiger partial charge in [-0.1, -0.05) is 79.6 Å². The lowest BCUT2D eigenvalue weighted by Crippen LogP contribution is -2.51. The van der Waals surface area contributed by atoms with Gasteiger partial charge in [-0.2, -0.15) is 0 Å². The molecule has 6 unspecified atom stereocenters. The molecule has 36 heavy (non-hydrogen) atoms. The van der Waals surface area contributed by atoms with Gasteiger partial charge in [-0.15, -0.1) is 0 Å². The summed E-state index contributed by atoms with van der Waals surface area (Å²) in [5.41, 5.74) is 2.25. The molecule has 2 saturated heterocycles. The molecule has 3 fully saturated rings. The van der Waals surface area contributed by atoms with Gasteiger partial charge < -0.3 is 9.47 Å². The molecule has 3 aromatic carbocycles. The van der Waals surface area contributed by atoms with Crippen LogP contribution >= 0.6 is 0 Å². The Hall–Kier alpha value is -3.44. The van der Waals surface area contributed by atoms with Crippen LogP contribution in [0.3, 0.4) is 0 Å². The molecule has 0 amide bonds. The lowest BCUT2D eigenvalue weighted by Gasteiger charge is -2.40. The third-order valence-corrected chi connectivity index (χ3v) is 8.23. The summed E-state index contributed by atoms with van der Waals surface area (Å²) in [7, 11) is 0. The minimum atomic E-state index is -0.501. The van der Waals surface area contributed by atoms with Crippen LogP contribution in [-0.4, -0.2) is 41.1 Å². The number of hydrogen-bond donors (Lipinski definition) is 0. The summed E-state index contributed by atoms with van der Waals surface area (Å²) in [5.74, 6) is 0.155. The number of benzene rings is 3. The fourth-order valence-electron chi connectivity index (χ4n) is 6.79. The molecule has 5 nitrogen and oxygen atoms in total. The Morgan fingerprint density at radius 3 is 1.50 bits per heavy atom. The molecule has 1 saturated carbocycles. The summed E-state index contributed by atoms with van der Waals surface area (Å²) >= 11 is 0. The smallest absolute Gasteiger partial charge is 0.338 e. The van der Waals surface area contributed by atoms with E-state index in [1.165, 1.54) is 18.4 Å². The van der Waals surface area contributed by atoms with Crippen molar-refractivity contribution in [2.45, 2.75) is 56.5 Å². The number of ether oxygens (including phenoxy) is 2.